The van der Waals surface area contributed by atoms with Crippen LogP contribution < -0.4 is 5.32 Å². The zero-order valence-corrected chi connectivity index (χ0v) is 11.4. The average molecular weight is 261 g/mol. The van der Waals surface area contributed by atoms with Crippen LogP contribution >= 0.6 is 0 Å². The molecular weight excluding hydrogens is 238 g/mol. The molecule has 6 heteroatoms. The first-order valence-electron chi connectivity index (χ1n) is 6.07. The lowest BCUT2D eigenvalue weighted by atomic mass is 10.0. The number of carboxylic acid groups (broad SMARTS) is 1. The number of alkyl carbamates (subject to hydrolysis) is 1. The number of hydrogen-bond donors (Lipinski definition) is 3. The summed E-state index contributed by atoms with van der Waals surface area (Å²) in [4.78, 5) is 22.3. The van der Waals surface area contributed by atoms with Crippen LogP contribution in [0.2, 0.25) is 0 Å². The summed E-state index contributed by atoms with van der Waals surface area (Å²) in [6, 6.07) is -0.836. The van der Waals surface area contributed by atoms with Gasteiger partial charge < -0.3 is 20.3 Å². The van der Waals surface area contributed by atoms with Gasteiger partial charge in [0.25, 0.3) is 0 Å². The summed E-state index contributed by atoms with van der Waals surface area (Å²) in [5, 5.41) is 20.6. The second-order valence-corrected chi connectivity index (χ2v) is 5.18. The van der Waals surface area contributed by atoms with Crippen LogP contribution in [-0.4, -0.2) is 40.0 Å². The zero-order chi connectivity index (χ0) is 14.3. The van der Waals surface area contributed by atoms with Crippen molar-refractivity contribution in [3.63, 3.8) is 0 Å². The van der Waals surface area contributed by atoms with E-state index in [1.54, 1.807) is 20.8 Å². The predicted octanol–water partition coefficient (Wildman–Crippen LogP) is 1.52. The lowest BCUT2D eigenvalue weighted by molar-refractivity contribution is -0.148. The Morgan fingerprint density at radius 3 is 2.28 bits per heavy atom. The highest BCUT2D eigenvalue weighted by atomic mass is 16.6. The van der Waals surface area contributed by atoms with Crippen LogP contribution in [0.3, 0.4) is 0 Å². The molecule has 6 nitrogen and oxygen atoms in total. The zero-order valence-electron chi connectivity index (χ0n) is 11.4. The molecule has 0 radical (unpaired) electrons. The van der Waals surface area contributed by atoms with Gasteiger partial charge in [-0.3, -0.25) is 0 Å². The number of aliphatic hydroxyl groups excluding tert-OH is 1. The quantitative estimate of drug-likeness (QED) is 0.673. The van der Waals surface area contributed by atoms with Gasteiger partial charge in [-0.25, -0.2) is 9.59 Å². The van der Waals surface area contributed by atoms with Crippen LogP contribution in [0.5, 0.6) is 0 Å². The first kappa shape index (κ1) is 16.7. The fourth-order valence-corrected chi connectivity index (χ4v) is 1.36. The Kier molecular flexibility index (Phi) is 6.68. The molecule has 106 valence electrons. The minimum absolute atomic E-state index is 0.392. The van der Waals surface area contributed by atoms with Crippen molar-refractivity contribution in [1.82, 2.24) is 5.32 Å². The highest BCUT2D eigenvalue weighted by Crippen LogP contribution is 2.10. The smallest absolute Gasteiger partial charge is 0.407 e. The summed E-state index contributed by atoms with van der Waals surface area (Å²) in [5.41, 5.74) is -0.659. The molecule has 18 heavy (non-hydrogen) atoms. The van der Waals surface area contributed by atoms with Crippen LogP contribution in [0.4, 0.5) is 4.79 Å². The molecule has 0 aromatic rings. The van der Waals surface area contributed by atoms with Crippen LogP contribution in [0.25, 0.3) is 0 Å². The highest BCUT2D eigenvalue weighted by Gasteiger charge is 2.28. The monoisotopic (exact) mass is 261 g/mol. The van der Waals surface area contributed by atoms with Gasteiger partial charge in [-0.2, -0.15) is 0 Å². The fraction of sp³-hybridized carbons (Fsp3) is 0.833. The van der Waals surface area contributed by atoms with Gasteiger partial charge in [-0.1, -0.05) is 19.8 Å². The molecule has 0 saturated heterocycles. The van der Waals surface area contributed by atoms with Gasteiger partial charge in [0.05, 0.1) is 6.04 Å². The van der Waals surface area contributed by atoms with E-state index in [-0.39, 0.29) is 0 Å². The van der Waals surface area contributed by atoms with Crippen molar-refractivity contribution in [2.24, 2.45) is 0 Å². The van der Waals surface area contributed by atoms with E-state index in [1.165, 1.54) is 0 Å². The summed E-state index contributed by atoms with van der Waals surface area (Å²) in [6.07, 6.45) is -0.389. The molecule has 0 heterocycles. The minimum atomic E-state index is -1.62. The molecule has 0 aromatic heterocycles. The van der Waals surface area contributed by atoms with Crippen molar-refractivity contribution >= 4 is 12.1 Å². The SMILES string of the molecule is CCCC[C@@H](NC(=O)OC(C)(C)C)C(O)C(=O)O. The molecule has 0 spiro atoms. The predicted molar refractivity (Wildman–Crippen MR) is 66.3 cm³/mol. The van der Waals surface area contributed by atoms with E-state index in [4.69, 9.17) is 9.84 Å². The van der Waals surface area contributed by atoms with Crippen molar-refractivity contribution in [2.75, 3.05) is 0 Å². The van der Waals surface area contributed by atoms with Gasteiger partial charge in [0.2, 0.25) is 0 Å². The first-order chi connectivity index (χ1) is 8.17. The number of aliphatic carboxylic acids is 1. The van der Waals surface area contributed by atoms with E-state index in [9.17, 15) is 14.7 Å². The number of hydrogen-bond acceptors (Lipinski definition) is 4. The minimum Gasteiger partial charge on any atom is -0.479 e. The standard InChI is InChI=1S/C12H23NO5/c1-5-6-7-8(9(14)10(15)16)13-11(17)18-12(2,3)4/h8-9,14H,5-7H2,1-4H3,(H,13,17)(H,15,16)/t8-,9?/m1/s1. The maximum absolute atomic E-state index is 11.5. The second-order valence-electron chi connectivity index (χ2n) is 5.18. The Bertz CT molecular complexity index is 285. The van der Waals surface area contributed by atoms with E-state index in [1.807, 2.05) is 6.92 Å². The van der Waals surface area contributed by atoms with Crippen LogP contribution in [0, 0.1) is 0 Å². The lowest BCUT2D eigenvalue weighted by Gasteiger charge is -2.25. The number of nitrogens with one attached hydrogen (secondary N) is 1. The number of carbonyl (C=O) groups excluding carboxylic acids is 1. The van der Waals surface area contributed by atoms with Gasteiger partial charge >= 0.3 is 12.1 Å². The topological polar surface area (TPSA) is 95.9 Å². The van der Waals surface area contributed by atoms with Crippen molar-refractivity contribution in [3.8, 4) is 0 Å². The van der Waals surface area contributed by atoms with E-state index < -0.39 is 29.8 Å². The molecule has 0 bridgehead atoms. The highest BCUT2D eigenvalue weighted by molar-refractivity contribution is 5.75. The van der Waals surface area contributed by atoms with Crippen molar-refractivity contribution in [2.45, 2.75) is 64.7 Å². The number of carboxylic acids is 1. The van der Waals surface area contributed by atoms with E-state index in [0.717, 1.165) is 6.42 Å². The number of amides is 1. The summed E-state index contributed by atoms with van der Waals surface area (Å²) < 4.78 is 5.02. The Morgan fingerprint density at radius 1 is 1.33 bits per heavy atom. The molecule has 3 N–H and O–H groups in total. The second kappa shape index (κ2) is 7.20. The lowest BCUT2D eigenvalue weighted by Crippen LogP contribution is -2.48. The third kappa shape index (κ3) is 7.11. The molecule has 0 fully saturated rings. The third-order valence-corrected chi connectivity index (χ3v) is 2.20. The third-order valence-electron chi connectivity index (χ3n) is 2.20. The molecule has 0 aliphatic carbocycles. The normalized spacial score (nSPS) is 14.7. The molecule has 1 unspecified atom stereocenters. The molecule has 0 rings (SSSR count). The number of aliphatic hydroxyl groups is 1. The van der Waals surface area contributed by atoms with Crippen molar-refractivity contribution < 1.29 is 24.5 Å². The number of carbonyl (C=O) groups is 2. The van der Waals surface area contributed by atoms with Gasteiger partial charge in [0.15, 0.2) is 6.10 Å². The Hall–Kier alpha value is -1.30. The van der Waals surface area contributed by atoms with Gasteiger partial charge in [-0.15, -0.1) is 0 Å². The maximum Gasteiger partial charge on any atom is 0.407 e. The van der Waals surface area contributed by atoms with Gasteiger partial charge in [-0.05, 0) is 27.2 Å². The molecule has 0 saturated carbocycles. The average Bonchev–Trinajstić information content (AvgIpc) is 2.20. The first-order valence-corrected chi connectivity index (χ1v) is 6.07. The Labute approximate surface area is 107 Å². The summed E-state index contributed by atoms with van der Waals surface area (Å²) in [6.45, 7) is 7.07. The van der Waals surface area contributed by atoms with Crippen molar-refractivity contribution in [1.29, 1.82) is 0 Å². The molecule has 2 atom stereocenters. The molecule has 0 aromatic carbocycles. The Balaban J connectivity index is 4.49. The van der Waals surface area contributed by atoms with E-state index >= 15 is 0 Å². The van der Waals surface area contributed by atoms with E-state index in [0.29, 0.717) is 12.8 Å². The van der Waals surface area contributed by atoms with E-state index in [2.05, 4.69) is 5.32 Å². The largest absolute Gasteiger partial charge is 0.479 e. The molecule has 1 amide bonds. The molecule has 0 aliphatic rings. The fourth-order valence-electron chi connectivity index (χ4n) is 1.36. The summed E-state index contributed by atoms with van der Waals surface area (Å²) in [7, 11) is 0. The van der Waals surface area contributed by atoms with Gasteiger partial charge in [0, 0.05) is 0 Å². The Morgan fingerprint density at radius 2 is 1.89 bits per heavy atom. The summed E-state index contributed by atoms with van der Waals surface area (Å²) >= 11 is 0. The number of rotatable bonds is 6. The van der Waals surface area contributed by atoms with Crippen LogP contribution in [0.15, 0.2) is 0 Å². The number of ether oxygens (including phenoxy) is 1. The molecular formula is C12H23NO5. The summed E-state index contributed by atoms with van der Waals surface area (Å²) in [5.74, 6) is -1.35. The van der Waals surface area contributed by atoms with Gasteiger partial charge in [0.1, 0.15) is 5.60 Å². The van der Waals surface area contributed by atoms with Crippen LogP contribution in [0.1, 0.15) is 47.0 Å². The van der Waals surface area contributed by atoms with Crippen LogP contribution in [-0.2, 0) is 9.53 Å². The number of unbranched alkanes of at least 4 members (excludes halogenated alkanes) is 1. The van der Waals surface area contributed by atoms with Crippen molar-refractivity contribution in [3.05, 3.63) is 0 Å². The molecule has 0 aliphatic heterocycles. The maximum atomic E-state index is 11.5.